The van der Waals surface area contributed by atoms with Gasteiger partial charge in [-0.1, -0.05) is 26.7 Å². The summed E-state index contributed by atoms with van der Waals surface area (Å²) >= 11 is 5.69. The van der Waals surface area contributed by atoms with Gasteiger partial charge >= 0.3 is 23.1 Å². The molecule has 0 aromatic heterocycles. The molecule has 0 bridgehead atoms. The molecule has 0 aromatic rings. The molecule has 3 heteroatoms. The van der Waals surface area contributed by atoms with Gasteiger partial charge in [0, 0.05) is 5.88 Å². The minimum absolute atomic E-state index is 0. The van der Waals surface area contributed by atoms with E-state index in [-0.39, 0.29) is 25.9 Å². The predicted octanol–water partition coefficient (Wildman–Crippen LogP) is 3.36. The molecule has 0 atom stereocenters. The van der Waals surface area contributed by atoms with E-state index < -0.39 is 0 Å². The van der Waals surface area contributed by atoms with Crippen LogP contribution in [0.1, 0.15) is 48.8 Å². The van der Waals surface area contributed by atoms with Crippen molar-refractivity contribution in [3.8, 4) is 0 Å². The first-order chi connectivity index (χ1) is 6.35. The van der Waals surface area contributed by atoms with E-state index in [4.69, 9.17) is 11.6 Å². The van der Waals surface area contributed by atoms with Gasteiger partial charge in [0.2, 0.25) is 0 Å². The first-order valence-corrected chi connectivity index (χ1v) is 6.16. The van der Waals surface area contributed by atoms with Crippen LogP contribution < -0.4 is 0 Å². The zero-order chi connectivity index (χ0) is 9.94. The van der Waals surface area contributed by atoms with E-state index in [0.29, 0.717) is 0 Å². The second-order valence-corrected chi connectivity index (χ2v) is 3.97. The summed E-state index contributed by atoms with van der Waals surface area (Å²) in [7, 11) is 0. The van der Waals surface area contributed by atoms with Crippen molar-refractivity contribution in [3.05, 3.63) is 0 Å². The van der Waals surface area contributed by atoms with Gasteiger partial charge < -0.3 is 7.75 Å². The molecule has 0 aliphatic rings. The van der Waals surface area contributed by atoms with Crippen molar-refractivity contribution in [3.63, 3.8) is 0 Å². The summed E-state index contributed by atoms with van der Waals surface area (Å²) in [4.78, 5) is 2.55. The summed E-state index contributed by atoms with van der Waals surface area (Å²) < 4.78 is 0. The Kier molecular flexibility index (Phi) is 17.4. The summed E-state index contributed by atoms with van der Waals surface area (Å²) in [6.45, 7) is 8.20. The van der Waals surface area contributed by atoms with E-state index in [1.165, 1.54) is 45.3 Å². The van der Waals surface area contributed by atoms with E-state index in [1.54, 1.807) is 0 Å². The monoisotopic (exact) mass is 231 g/mol. The molecule has 0 saturated carbocycles. The molecule has 0 aliphatic carbocycles. The van der Waals surface area contributed by atoms with Crippen molar-refractivity contribution in [2.24, 2.45) is 0 Å². The number of unbranched alkanes of at least 4 members (excludes halogenated alkanes) is 2. The van der Waals surface area contributed by atoms with Gasteiger partial charge in [0.1, 0.15) is 0 Å². The van der Waals surface area contributed by atoms with Gasteiger partial charge in [-0.3, -0.25) is 0 Å². The maximum Gasteiger partial charge on any atom is 2.00 e. The van der Waals surface area contributed by atoms with Gasteiger partial charge in [-0.15, -0.1) is 11.6 Å². The summed E-state index contributed by atoms with van der Waals surface area (Å²) in [5.74, 6) is 0.800. The van der Waals surface area contributed by atoms with Crippen LogP contribution >= 0.6 is 11.6 Å². The minimum Gasteiger partial charge on any atom is -1.00 e. The van der Waals surface area contributed by atoms with Crippen molar-refractivity contribution in [1.82, 2.24) is 4.90 Å². The molecule has 0 radical (unpaired) electrons. The summed E-state index contributed by atoms with van der Waals surface area (Å²) in [5.41, 5.74) is 0. The fourth-order valence-electron chi connectivity index (χ4n) is 1.38. The Bertz CT molecular complexity index is 91.0. The van der Waals surface area contributed by atoms with E-state index >= 15 is 0 Å². The van der Waals surface area contributed by atoms with Crippen LogP contribution in [0.3, 0.4) is 0 Å². The molecule has 0 unspecified atom stereocenters. The molecule has 0 spiro atoms. The molecule has 0 amide bonds. The number of alkyl halides is 1. The molecule has 0 saturated heterocycles. The Morgan fingerprint density at radius 1 is 0.929 bits per heavy atom. The van der Waals surface area contributed by atoms with Crippen LogP contribution in [0.4, 0.5) is 0 Å². The first kappa shape index (κ1) is 17.4. The Labute approximate surface area is 114 Å². The maximum atomic E-state index is 5.69. The van der Waals surface area contributed by atoms with Gasteiger partial charge in [-0.2, -0.15) is 0 Å². The molecule has 14 heavy (non-hydrogen) atoms. The fourth-order valence-corrected chi connectivity index (χ4v) is 1.50. The Hall–Kier alpha value is 1.02. The van der Waals surface area contributed by atoms with E-state index in [2.05, 4.69) is 18.7 Å². The Morgan fingerprint density at radius 3 is 1.71 bits per heavy atom. The fraction of sp³-hybridized carbons (Fsp3) is 1.00. The van der Waals surface area contributed by atoms with Crippen molar-refractivity contribution in [2.45, 2.75) is 46.0 Å². The van der Waals surface area contributed by atoms with Gasteiger partial charge in [0.15, 0.2) is 0 Å². The third-order valence-corrected chi connectivity index (χ3v) is 2.53. The predicted molar refractivity (Wildman–Crippen MR) is 69.6 cm³/mol. The summed E-state index contributed by atoms with van der Waals surface area (Å²) in [5, 5.41) is 0. The molecule has 84 valence electrons. The van der Waals surface area contributed by atoms with Crippen LogP contribution in [0, 0.1) is 0 Å². The van der Waals surface area contributed by atoms with Crippen LogP contribution in [-0.4, -0.2) is 53.5 Å². The zero-order valence-electron chi connectivity index (χ0n) is 11.9. The van der Waals surface area contributed by atoms with Gasteiger partial charge in [0.05, 0.1) is 0 Å². The van der Waals surface area contributed by atoms with Crippen LogP contribution in [0.25, 0.3) is 0 Å². The molecular formula is C11H26ClMgN. The normalized spacial score (nSPS) is 10.3. The molecule has 0 rings (SSSR count). The quantitative estimate of drug-likeness (QED) is 0.435. The van der Waals surface area contributed by atoms with Gasteiger partial charge in [0.25, 0.3) is 0 Å². The molecule has 0 aliphatic heterocycles. The van der Waals surface area contributed by atoms with Crippen molar-refractivity contribution in [1.29, 1.82) is 0 Å². The SMILES string of the molecule is CCCCN(CCCC)CCCCl.[H-].[H-].[Mg+2]. The summed E-state index contributed by atoms with van der Waals surface area (Å²) in [6.07, 6.45) is 6.37. The summed E-state index contributed by atoms with van der Waals surface area (Å²) in [6, 6.07) is 0. The first-order valence-electron chi connectivity index (χ1n) is 5.63. The smallest absolute Gasteiger partial charge is 1.00 e. The second-order valence-electron chi connectivity index (χ2n) is 3.59. The second kappa shape index (κ2) is 14.0. The van der Waals surface area contributed by atoms with Crippen molar-refractivity contribution >= 4 is 34.7 Å². The number of hydrogen-bond acceptors (Lipinski definition) is 1. The van der Waals surface area contributed by atoms with Crippen LogP contribution in [0.5, 0.6) is 0 Å². The zero-order valence-corrected chi connectivity index (χ0v) is 12.1. The van der Waals surface area contributed by atoms with Crippen LogP contribution in [0.2, 0.25) is 0 Å². The molecule has 0 fully saturated rings. The molecular weight excluding hydrogens is 206 g/mol. The number of rotatable bonds is 9. The minimum atomic E-state index is 0. The van der Waals surface area contributed by atoms with Crippen LogP contribution in [-0.2, 0) is 0 Å². The van der Waals surface area contributed by atoms with Gasteiger partial charge in [-0.05, 0) is 38.9 Å². The Morgan fingerprint density at radius 2 is 1.36 bits per heavy atom. The topological polar surface area (TPSA) is 3.24 Å². The van der Waals surface area contributed by atoms with Crippen LogP contribution in [0.15, 0.2) is 0 Å². The largest absolute Gasteiger partial charge is 2.00 e. The molecule has 0 N–H and O–H groups in total. The number of hydrogen-bond donors (Lipinski definition) is 0. The van der Waals surface area contributed by atoms with Gasteiger partial charge in [-0.25, -0.2) is 0 Å². The third-order valence-electron chi connectivity index (χ3n) is 2.26. The molecule has 0 heterocycles. The number of halogens is 1. The van der Waals surface area contributed by atoms with E-state index in [9.17, 15) is 0 Å². The van der Waals surface area contributed by atoms with E-state index in [0.717, 1.165) is 12.3 Å². The van der Waals surface area contributed by atoms with E-state index in [1.807, 2.05) is 0 Å². The number of nitrogens with zero attached hydrogens (tertiary/aromatic N) is 1. The standard InChI is InChI=1S/C11H24ClN.Mg.2H/c1-3-5-9-13(10-6-4-2)11-7-8-12;;;/h3-11H2,1-2H3;;;/q;+2;2*-1. The maximum absolute atomic E-state index is 5.69. The molecule has 1 nitrogen and oxygen atoms in total. The van der Waals surface area contributed by atoms with Crippen molar-refractivity contribution < 1.29 is 2.85 Å². The average Bonchev–Trinajstić information content (AvgIpc) is 2.17. The average molecular weight is 232 g/mol. The molecule has 0 aromatic carbocycles. The van der Waals surface area contributed by atoms with Crippen molar-refractivity contribution in [2.75, 3.05) is 25.5 Å². The Balaban J connectivity index is -0.000000240. The third kappa shape index (κ3) is 11.1.